The van der Waals surface area contributed by atoms with Crippen LogP contribution >= 0.6 is 12.4 Å². The first-order valence-corrected chi connectivity index (χ1v) is 8.76. The number of hydrogen-bond acceptors (Lipinski definition) is 4. The fourth-order valence-corrected chi connectivity index (χ4v) is 3.57. The van der Waals surface area contributed by atoms with E-state index in [9.17, 15) is 4.79 Å². The molecule has 2 aliphatic heterocycles. The van der Waals surface area contributed by atoms with Crippen LogP contribution in [0.1, 0.15) is 40.4 Å². The number of nitrogens with two attached hydrogens (primary N) is 1. The molecule has 5 nitrogen and oxygen atoms in total. The Balaban J connectivity index is 0.00000196. The Morgan fingerprint density at radius 1 is 1.08 bits per heavy atom. The predicted molar refractivity (Wildman–Crippen MR) is 102 cm³/mol. The van der Waals surface area contributed by atoms with E-state index < -0.39 is 0 Å². The standard InChI is InChI=1S/C20H22N2O3.ClH/c21-13-14-3-5-15(6-4-14)20(23)22-9-1-2-17(22)16-7-8-18-19(12-16)25-11-10-24-18;/h3-8,12,17H,1-2,9-11,13,21H2;1H. The largest absolute Gasteiger partial charge is 0.486 e. The van der Waals surface area contributed by atoms with Crippen molar-refractivity contribution in [3.05, 3.63) is 59.2 Å². The molecule has 0 saturated carbocycles. The van der Waals surface area contributed by atoms with Gasteiger partial charge in [-0.2, -0.15) is 0 Å². The van der Waals surface area contributed by atoms with Crippen LogP contribution in [-0.4, -0.2) is 30.6 Å². The van der Waals surface area contributed by atoms with Crippen LogP contribution in [0.5, 0.6) is 11.5 Å². The molecule has 0 bridgehead atoms. The van der Waals surface area contributed by atoms with Crippen molar-refractivity contribution in [2.75, 3.05) is 19.8 Å². The van der Waals surface area contributed by atoms with Crippen LogP contribution in [0.2, 0.25) is 0 Å². The molecule has 0 radical (unpaired) electrons. The molecule has 1 unspecified atom stereocenters. The van der Waals surface area contributed by atoms with Gasteiger partial charge in [0.05, 0.1) is 6.04 Å². The summed E-state index contributed by atoms with van der Waals surface area (Å²) >= 11 is 0. The molecule has 1 atom stereocenters. The third-order valence-electron chi connectivity index (χ3n) is 4.90. The predicted octanol–water partition coefficient (Wildman–Crippen LogP) is 3.32. The van der Waals surface area contributed by atoms with Crippen molar-refractivity contribution in [3.8, 4) is 11.5 Å². The van der Waals surface area contributed by atoms with Gasteiger partial charge in [-0.15, -0.1) is 12.4 Å². The number of ether oxygens (including phenoxy) is 2. The molecule has 0 aliphatic carbocycles. The average Bonchev–Trinajstić information content (AvgIpc) is 3.17. The molecule has 26 heavy (non-hydrogen) atoms. The summed E-state index contributed by atoms with van der Waals surface area (Å²) in [6, 6.07) is 13.7. The van der Waals surface area contributed by atoms with E-state index >= 15 is 0 Å². The summed E-state index contributed by atoms with van der Waals surface area (Å²) in [5.41, 5.74) is 8.48. The Morgan fingerprint density at radius 2 is 1.81 bits per heavy atom. The minimum atomic E-state index is 0. The molecule has 2 N–H and O–H groups in total. The number of fused-ring (bicyclic) bond motifs is 1. The molecule has 0 spiro atoms. The zero-order valence-electron chi connectivity index (χ0n) is 14.5. The van der Waals surface area contributed by atoms with Crippen LogP contribution < -0.4 is 15.2 Å². The van der Waals surface area contributed by atoms with Gasteiger partial charge in [-0.1, -0.05) is 18.2 Å². The lowest BCUT2D eigenvalue weighted by Gasteiger charge is -2.27. The van der Waals surface area contributed by atoms with Gasteiger partial charge in [0, 0.05) is 18.7 Å². The maximum absolute atomic E-state index is 13.0. The van der Waals surface area contributed by atoms with Gasteiger partial charge in [-0.25, -0.2) is 0 Å². The Labute approximate surface area is 159 Å². The molecule has 2 aromatic carbocycles. The topological polar surface area (TPSA) is 64.8 Å². The first-order valence-electron chi connectivity index (χ1n) is 8.76. The fraction of sp³-hybridized carbons (Fsp3) is 0.350. The van der Waals surface area contributed by atoms with E-state index in [1.54, 1.807) is 0 Å². The number of benzene rings is 2. The van der Waals surface area contributed by atoms with Crippen molar-refractivity contribution in [3.63, 3.8) is 0 Å². The number of amides is 1. The van der Waals surface area contributed by atoms with E-state index in [2.05, 4.69) is 0 Å². The van der Waals surface area contributed by atoms with Crippen LogP contribution in [0.3, 0.4) is 0 Å². The summed E-state index contributed by atoms with van der Waals surface area (Å²) in [7, 11) is 0. The van der Waals surface area contributed by atoms with Gasteiger partial charge < -0.3 is 20.1 Å². The Kier molecular flexibility index (Phi) is 5.69. The summed E-state index contributed by atoms with van der Waals surface area (Å²) in [5.74, 6) is 1.62. The smallest absolute Gasteiger partial charge is 0.254 e. The van der Waals surface area contributed by atoms with Crippen LogP contribution in [0, 0.1) is 0 Å². The summed E-state index contributed by atoms with van der Waals surface area (Å²) in [4.78, 5) is 14.9. The average molecular weight is 375 g/mol. The molecule has 2 aromatic rings. The van der Waals surface area contributed by atoms with Crippen LogP contribution in [0.15, 0.2) is 42.5 Å². The molecule has 6 heteroatoms. The highest BCUT2D eigenvalue weighted by Gasteiger charge is 2.31. The molecule has 138 valence electrons. The lowest BCUT2D eigenvalue weighted by atomic mass is 10.0. The zero-order chi connectivity index (χ0) is 17.2. The van der Waals surface area contributed by atoms with Crippen molar-refractivity contribution in [1.82, 2.24) is 4.90 Å². The SMILES string of the molecule is Cl.NCc1ccc(C(=O)N2CCCC2c2ccc3c(c2)OCCO3)cc1. The second kappa shape index (κ2) is 7.98. The second-order valence-electron chi connectivity index (χ2n) is 6.46. The normalized spacial score (nSPS) is 18.3. The summed E-state index contributed by atoms with van der Waals surface area (Å²) in [5, 5.41) is 0. The summed E-state index contributed by atoms with van der Waals surface area (Å²) in [6.45, 7) is 2.41. The van der Waals surface area contributed by atoms with Gasteiger partial charge in [0.2, 0.25) is 0 Å². The first-order chi connectivity index (χ1) is 12.3. The molecule has 4 rings (SSSR count). The Bertz CT molecular complexity index is 779. The van der Waals surface area contributed by atoms with Gasteiger partial charge in [-0.05, 0) is 48.2 Å². The summed E-state index contributed by atoms with van der Waals surface area (Å²) in [6.07, 6.45) is 1.97. The third kappa shape index (κ3) is 3.50. The fourth-order valence-electron chi connectivity index (χ4n) is 3.57. The van der Waals surface area contributed by atoms with Crippen molar-refractivity contribution in [2.45, 2.75) is 25.4 Å². The molecular formula is C20H23ClN2O3. The van der Waals surface area contributed by atoms with Crippen molar-refractivity contribution in [2.24, 2.45) is 5.73 Å². The number of carbonyl (C=O) groups excluding carboxylic acids is 1. The number of halogens is 1. The van der Waals surface area contributed by atoms with E-state index in [1.807, 2.05) is 47.4 Å². The second-order valence-corrected chi connectivity index (χ2v) is 6.46. The third-order valence-corrected chi connectivity index (χ3v) is 4.90. The number of carbonyl (C=O) groups is 1. The number of rotatable bonds is 3. The lowest BCUT2D eigenvalue weighted by molar-refractivity contribution is 0.0735. The highest BCUT2D eigenvalue weighted by molar-refractivity contribution is 5.94. The van der Waals surface area contributed by atoms with Crippen LogP contribution in [0.4, 0.5) is 0 Å². The molecule has 1 saturated heterocycles. The van der Waals surface area contributed by atoms with Crippen LogP contribution in [-0.2, 0) is 6.54 Å². The molecular weight excluding hydrogens is 352 g/mol. The van der Waals surface area contributed by atoms with Gasteiger partial charge in [-0.3, -0.25) is 4.79 Å². The molecule has 1 amide bonds. The van der Waals surface area contributed by atoms with Gasteiger partial charge in [0.25, 0.3) is 5.91 Å². The zero-order valence-corrected chi connectivity index (χ0v) is 15.3. The van der Waals surface area contributed by atoms with Gasteiger partial charge in [0.15, 0.2) is 11.5 Å². The minimum Gasteiger partial charge on any atom is -0.486 e. The molecule has 2 heterocycles. The number of nitrogens with zero attached hydrogens (tertiary/aromatic N) is 1. The number of likely N-dealkylation sites (tertiary alicyclic amines) is 1. The quantitative estimate of drug-likeness (QED) is 0.895. The van der Waals surface area contributed by atoms with E-state index in [-0.39, 0.29) is 24.4 Å². The van der Waals surface area contributed by atoms with Gasteiger partial charge in [0.1, 0.15) is 13.2 Å². The summed E-state index contributed by atoms with van der Waals surface area (Å²) < 4.78 is 11.3. The Morgan fingerprint density at radius 3 is 2.54 bits per heavy atom. The van der Waals surface area contributed by atoms with E-state index in [4.69, 9.17) is 15.2 Å². The van der Waals surface area contributed by atoms with E-state index in [1.165, 1.54) is 0 Å². The number of hydrogen-bond donors (Lipinski definition) is 1. The maximum Gasteiger partial charge on any atom is 0.254 e. The van der Waals surface area contributed by atoms with E-state index in [0.717, 1.165) is 42.0 Å². The highest BCUT2D eigenvalue weighted by atomic mass is 35.5. The van der Waals surface area contributed by atoms with Gasteiger partial charge >= 0.3 is 0 Å². The van der Waals surface area contributed by atoms with Crippen molar-refractivity contribution in [1.29, 1.82) is 0 Å². The van der Waals surface area contributed by atoms with Crippen molar-refractivity contribution < 1.29 is 14.3 Å². The first kappa shape index (κ1) is 18.5. The lowest BCUT2D eigenvalue weighted by Crippen LogP contribution is -2.30. The van der Waals surface area contributed by atoms with E-state index in [0.29, 0.717) is 25.3 Å². The maximum atomic E-state index is 13.0. The minimum absolute atomic E-state index is 0. The molecule has 0 aromatic heterocycles. The van der Waals surface area contributed by atoms with Crippen molar-refractivity contribution >= 4 is 18.3 Å². The molecule has 2 aliphatic rings. The highest BCUT2D eigenvalue weighted by Crippen LogP contribution is 2.38. The van der Waals surface area contributed by atoms with Crippen LogP contribution in [0.25, 0.3) is 0 Å². The molecule has 1 fully saturated rings. The Hall–Kier alpha value is -2.24. The monoisotopic (exact) mass is 374 g/mol.